The lowest BCUT2D eigenvalue weighted by Crippen LogP contribution is -2.17. The second-order valence-corrected chi connectivity index (χ2v) is 6.36. The van der Waals surface area contributed by atoms with E-state index in [0.29, 0.717) is 21.5 Å². The number of nitrogens with one attached hydrogen (secondary N) is 1. The summed E-state index contributed by atoms with van der Waals surface area (Å²) in [5.41, 5.74) is 0.413. The molecule has 0 radical (unpaired) electrons. The van der Waals surface area contributed by atoms with Gasteiger partial charge >= 0.3 is 0 Å². The average molecular weight is 256 g/mol. The number of nitriles is 1. The van der Waals surface area contributed by atoms with Gasteiger partial charge in [0.05, 0.1) is 0 Å². The van der Waals surface area contributed by atoms with Crippen molar-refractivity contribution in [1.82, 2.24) is 4.98 Å². The topological polar surface area (TPSA) is 48.7 Å². The van der Waals surface area contributed by atoms with E-state index in [4.69, 9.17) is 16.9 Å². The molecule has 0 aromatic carbocycles. The van der Waals surface area contributed by atoms with Gasteiger partial charge in [-0.25, -0.2) is 4.98 Å². The summed E-state index contributed by atoms with van der Waals surface area (Å²) in [5.74, 6) is 0. The molecule has 2 rings (SSSR count). The lowest BCUT2D eigenvalue weighted by atomic mass is 9.92. The van der Waals surface area contributed by atoms with Crippen LogP contribution in [0.3, 0.4) is 0 Å². The molecule has 1 aliphatic carbocycles. The Hall–Kier alpha value is -0.790. The number of halogens is 1. The van der Waals surface area contributed by atoms with Gasteiger partial charge in [0, 0.05) is 6.04 Å². The number of hydrogen-bond acceptors (Lipinski definition) is 4. The first-order valence-electron chi connectivity index (χ1n) is 5.33. The zero-order valence-electron chi connectivity index (χ0n) is 9.38. The molecule has 1 fully saturated rings. The van der Waals surface area contributed by atoms with Crippen LogP contribution in [-0.4, -0.2) is 11.0 Å². The first kappa shape index (κ1) is 11.7. The largest absolute Gasteiger partial charge is 0.359 e. The molecule has 5 heteroatoms. The van der Waals surface area contributed by atoms with Gasteiger partial charge in [0.25, 0.3) is 0 Å². The van der Waals surface area contributed by atoms with Gasteiger partial charge in [-0.05, 0) is 24.7 Å². The van der Waals surface area contributed by atoms with Crippen molar-refractivity contribution in [3.05, 3.63) is 10.0 Å². The van der Waals surface area contributed by atoms with Crippen LogP contribution in [0.4, 0.5) is 5.13 Å². The van der Waals surface area contributed by atoms with Crippen molar-refractivity contribution in [3.63, 3.8) is 0 Å². The number of nitrogens with zero attached hydrogens (tertiary/aromatic N) is 2. The van der Waals surface area contributed by atoms with Crippen molar-refractivity contribution in [2.75, 3.05) is 5.32 Å². The number of thiazole rings is 1. The SMILES string of the molecule is CC1(C)CCC(Nc2nc(Cl)c(C#N)s2)C1. The summed E-state index contributed by atoms with van der Waals surface area (Å²) in [5, 5.41) is 13.2. The monoisotopic (exact) mass is 255 g/mol. The van der Waals surface area contributed by atoms with E-state index < -0.39 is 0 Å². The molecule has 1 N–H and O–H groups in total. The molecule has 0 aliphatic heterocycles. The Labute approximate surface area is 104 Å². The summed E-state index contributed by atoms with van der Waals surface area (Å²) in [6, 6.07) is 2.50. The van der Waals surface area contributed by atoms with Gasteiger partial charge in [0.15, 0.2) is 10.3 Å². The van der Waals surface area contributed by atoms with Gasteiger partial charge in [-0.3, -0.25) is 0 Å². The fourth-order valence-electron chi connectivity index (χ4n) is 2.17. The Morgan fingerprint density at radius 1 is 1.62 bits per heavy atom. The zero-order valence-corrected chi connectivity index (χ0v) is 11.0. The molecule has 1 aliphatic rings. The van der Waals surface area contributed by atoms with E-state index in [2.05, 4.69) is 24.1 Å². The third-order valence-corrected chi connectivity index (χ3v) is 4.26. The highest BCUT2D eigenvalue weighted by Crippen LogP contribution is 2.39. The lowest BCUT2D eigenvalue weighted by Gasteiger charge is -2.17. The van der Waals surface area contributed by atoms with Gasteiger partial charge < -0.3 is 5.32 Å². The summed E-state index contributed by atoms with van der Waals surface area (Å²) in [6.45, 7) is 4.56. The van der Waals surface area contributed by atoms with Crippen molar-refractivity contribution in [3.8, 4) is 6.07 Å². The maximum absolute atomic E-state index is 8.78. The van der Waals surface area contributed by atoms with Gasteiger partial charge in [0.2, 0.25) is 0 Å². The smallest absolute Gasteiger partial charge is 0.185 e. The summed E-state index contributed by atoms with van der Waals surface area (Å²) in [4.78, 5) is 4.63. The highest BCUT2D eigenvalue weighted by molar-refractivity contribution is 7.16. The molecule has 16 heavy (non-hydrogen) atoms. The third kappa shape index (κ3) is 2.47. The predicted octanol–water partition coefficient (Wildman–Crippen LogP) is 3.66. The molecule has 1 saturated carbocycles. The number of rotatable bonds is 2. The van der Waals surface area contributed by atoms with Crippen molar-refractivity contribution < 1.29 is 0 Å². The quantitative estimate of drug-likeness (QED) is 0.877. The molecule has 0 amide bonds. The van der Waals surface area contributed by atoms with E-state index in [0.717, 1.165) is 18.0 Å². The van der Waals surface area contributed by atoms with Crippen molar-refractivity contribution in [1.29, 1.82) is 5.26 Å². The molecular formula is C11H14ClN3S. The van der Waals surface area contributed by atoms with E-state index in [1.165, 1.54) is 17.8 Å². The highest BCUT2D eigenvalue weighted by atomic mass is 35.5. The van der Waals surface area contributed by atoms with E-state index >= 15 is 0 Å². The van der Waals surface area contributed by atoms with Crippen molar-refractivity contribution in [2.45, 2.75) is 39.2 Å². The second-order valence-electron chi connectivity index (χ2n) is 5.00. The predicted molar refractivity (Wildman–Crippen MR) is 66.9 cm³/mol. The molecule has 1 unspecified atom stereocenters. The maximum Gasteiger partial charge on any atom is 0.185 e. The average Bonchev–Trinajstić information content (AvgIpc) is 2.70. The van der Waals surface area contributed by atoms with Gasteiger partial charge in [-0.2, -0.15) is 5.26 Å². The molecular weight excluding hydrogens is 242 g/mol. The summed E-state index contributed by atoms with van der Waals surface area (Å²) >= 11 is 7.15. The van der Waals surface area contributed by atoms with Crippen LogP contribution in [-0.2, 0) is 0 Å². The third-order valence-electron chi connectivity index (χ3n) is 2.98. The molecule has 1 atom stereocenters. The Kier molecular flexibility index (Phi) is 3.09. The number of aromatic nitrogens is 1. The fraction of sp³-hybridized carbons (Fsp3) is 0.636. The van der Waals surface area contributed by atoms with E-state index in [-0.39, 0.29) is 0 Å². The fourth-order valence-corrected chi connectivity index (χ4v) is 3.19. The second kappa shape index (κ2) is 4.23. The van der Waals surface area contributed by atoms with Crippen LogP contribution >= 0.6 is 22.9 Å². The van der Waals surface area contributed by atoms with Crippen molar-refractivity contribution >= 4 is 28.1 Å². The summed E-state index contributed by atoms with van der Waals surface area (Å²) in [7, 11) is 0. The molecule has 1 aromatic heterocycles. The molecule has 3 nitrogen and oxygen atoms in total. The molecule has 0 spiro atoms. The van der Waals surface area contributed by atoms with Gasteiger partial charge in [0.1, 0.15) is 10.9 Å². The van der Waals surface area contributed by atoms with E-state index in [1.807, 2.05) is 6.07 Å². The molecule has 0 bridgehead atoms. The number of hydrogen-bond donors (Lipinski definition) is 1. The normalized spacial score (nSPS) is 23.0. The van der Waals surface area contributed by atoms with Crippen LogP contribution in [0.2, 0.25) is 5.15 Å². The molecule has 0 saturated heterocycles. The molecule has 1 heterocycles. The van der Waals surface area contributed by atoms with Crippen LogP contribution < -0.4 is 5.32 Å². The first-order valence-corrected chi connectivity index (χ1v) is 6.52. The number of anilines is 1. The maximum atomic E-state index is 8.78. The Morgan fingerprint density at radius 3 is 2.88 bits per heavy atom. The van der Waals surface area contributed by atoms with Crippen LogP contribution in [0.15, 0.2) is 0 Å². The van der Waals surface area contributed by atoms with Crippen LogP contribution in [0.25, 0.3) is 0 Å². The van der Waals surface area contributed by atoms with Crippen LogP contribution in [0.1, 0.15) is 38.0 Å². The first-order chi connectivity index (χ1) is 7.50. The summed E-state index contributed by atoms with van der Waals surface area (Å²) < 4.78 is 0. The highest BCUT2D eigenvalue weighted by Gasteiger charge is 2.31. The van der Waals surface area contributed by atoms with E-state index in [9.17, 15) is 0 Å². The minimum absolute atomic E-state index is 0.312. The molecule has 1 aromatic rings. The van der Waals surface area contributed by atoms with Gasteiger partial charge in [-0.1, -0.05) is 36.8 Å². The Balaban J connectivity index is 2.03. The zero-order chi connectivity index (χ0) is 11.8. The van der Waals surface area contributed by atoms with Gasteiger partial charge in [-0.15, -0.1) is 0 Å². The minimum atomic E-state index is 0.312. The van der Waals surface area contributed by atoms with Crippen LogP contribution in [0.5, 0.6) is 0 Å². The summed E-state index contributed by atoms with van der Waals surface area (Å²) in [6.07, 6.45) is 3.53. The Bertz CT molecular complexity index is 433. The van der Waals surface area contributed by atoms with Crippen molar-refractivity contribution in [2.24, 2.45) is 5.41 Å². The molecule has 86 valence electrons. The van der Waals surface area contributed by atoms with E-state index in [1.54, 1.807) is 0 Å². The lowest BCUT2D eigenvalue weighted by molar-refractivity contribution is 0.378. The van der Waals surface area contributed by atoms with Crippen LogP contribution in [0, 0.1) is 16.7 Å². The standard InChI is InChI=1S/C11H14ClN3S/c1-11(2)4-3-7(5-11)14-10-15-9(12)8(6-13)16-10/h7H,3-5H2,1-2H3,(H,14,15). The Morgan fingerprint density at radius 2 is 2.38 bits per heavy atom. The minimum Gasteiger partial charge on any atom is -0.359 e.